The Morgan fingerprint density at radius 1 is 1.38 bits per heavy atom. The van der Waals surface area contributed by atoms with Crippen molar-refractivity contribution in [3.8, 4) is 0 Å². The van der Waals surface area contributed by atoms with Crippen LogP contribution in [0.1, 0.15) is 13.8 Å². The average molecular weight is 191 g/mol. The van der Waals surface area contributed by atoms with E-state index in [0.717, 1.165) is 7.11 Å². The maximum Gasteiger partial charge on any atom is 0.367 e. The van der Waals surface area contributed by atoms with Gasteiger partial charge in [0.25, 0.3) is 5.79 Å². The second-order valence-corrected chi connectivity index (χ2v) is 2.77. The van der Waals surface area contributed by atoms with E-state index < -0.39 is 11.8 Å². The zero-order valence-electron chi connectivity index (χ0n) is 8.28. The van der Waals surface area contributed by atoms with Crippen molar-refractivity contribution >= 4 is 5.97 Å². The minimum Gasteiger partial charge on any atom is -0.465 e. The van der Waals surface area contributed by atoms with Crippen molar-refractivity contribution in [1.82, 2.24) is 4.90 Å². The molecule has 0 radical (unpaired) electrons. The largest absolute Gasteiger partial charge is 0.465 e. The van der Waals surface area contributed by atoms with Crippen molar-refractivity contribution in [1.29, 1.82) is 0 Å². The summed E-state index contributed by atoms with van der Waals surface area (Å²) in [7, 11) is 1.12. The number of nitrogens with zero attached hydrogens (tertiary/aromatic N) is 1. The molecule has 0 aromatic rings. The van der Waals surface area contributed by atoms with Crippen molar-refractivity contribution < 1.29 is 19.7 Å². The van der Waals surface area contributed by atoms with Crippen LogP contribution in [-0.4, -0.2) is 53.6 Å². The summed E-state index contributed by atoms with van der Waals surface area (Å²) in [4.78, 5) is 12.6. The highest BCUT2D eigenvalue weighted by Crippen LogP contribution is 2.05. The van der Waals surface area contributed by atoms with Gasteiger partial charge in [0.1, 0.15) is 0 Å². The molecule has 5 heteroatoms. The standard InChI is InChI=1S/C8H17NO4/c1-4-9(5-2)6-8(11,12)7(10)13-3/h11-12H,4-6H2,1-3H3. The molecule has 0 unspecified atom stereocenters. The van der Waals surface area contributed by atoms with Crippen LogP contribution in [0, 0.1) is 0 Å². The van der Waals surface area contributed by atoms with Gasteiger partial charge in [0, 0.05) is 0 Å². The van der Waals surface area contributed by atoms with E-state index in [1.54, 1.807) is 4.90 Å². The summed E-state index contributed by atoms with van der Waals surface area (Å²) in [6, 6.07) is 0. The highest BCUT2D eigenvalue weighted by atomic mass is 16.6. The molecule has 0 rings (SSSR count). The maximum absolute atomic E-state index is 10.9. The van der Waals surface area contributed by atoms with Crippen LogP contribution in [0.25, 0.3) is 0 Å². The van der Waals surface area contributed by atoms with E-state index in [-0.39, 0.29) is 6.54 Å². The third kappa shape index (κ3) is 3.71. The van der Waals surface area contributed by atoms with Crippen LogP contribution in [0.4, 0.5) is 0 Å². The second-order valence-electron chi connectivity index (χ2n) is 2.77. The van der Waals surface area contributed by atoms with E-state index in [2.05, 4.69) is 4.74 Å². The maximum atomic E-state index is 10.9. The van der Waals surface area contributed by atoms with Gasteiger partial charge >= 0.3 is 5.97 Å². The Morgan fingerprint density at radius 2 is 1.85 bits per heavy atom. The minimum atomic E-state index is -2.40. The first kappa shape index (κ1) is 12.3. The smallest absolute Gasteiger partial charge is 0.367 e. The van der Waals surface area contributed by atoms with Crippen LogP contribution in [0.2, 0.25) is 0 Å². The van der Waals surface area contributed by atoms with Gasteiger partial charge in [0.2, 0.25) is 0 Å². The molecule has 0 aromatic carbocycles. The number of carbonyl (C=O) groups is 1. The lowest BCUT2D eigenvalue weighted by molar-refractivity contribution is -0.211. The minimum absolute atomic E-state index is 0.132. The molecule has 2 N–H and O–H groups in total. The van der Waals surface area contributed by atoms with Gasteiger partial charge in [-0.15, -0.1) is 0 Å². The van der Waals surface area contributed by atoms with Gasteiger partial charge in [-0.1, -0.05) is 13.8 Å². The molecule has 0 spiro atoms. The molecular weight excluding hydrogens is 174 g/mol. The number of likely N-dealkylation sites (N-methyl/N-ethyl adjacent to an activating group) is 1. The van der Waals surface area contributed by atoms with Crippen LogP contribution in [0.3, 0.4) is 0 Å². The molecule has 0 aliphatic heterocycles. The number of ether oxygens (including phenoxy) is 1. The molecular formula is C8H17NO4. The molecule has 0 atom stereocenters. The summed E-state index contributed by atoms with van der Waals surface area (Å²) in [6.07, 6.45) is 0. The highest BCUT2D eigenvalue weighted by molar-refractivity contribution is 5.77. The van der Waals surface area contributed by atoms with E-state index in [0.29, 0.717) is 13.1 Å². The van der Waals surface area contributed by atoms with E-state index in [9.17, 15) is 15.0 Å². The van der Waals surface area contributed by atoms with Crippen LogP contribution in [0.15, 0.2) is 0 Å². The monoisotopic (exact) mass is 191 g/mol. The Kier molecular flexibility index (Phi) is 4.90. The Labute approximate surface area is 77.9 Å². The van der Waals surface area contributed by atoms with Gasteiger partial charge in [-0.05, 0) is 13.1 Å². The predicted octanol–water partition coefficient (Wildman–Crippen LogP) is -0.818. The van der Waals surface area contributed by atoms with Gasteiger partial charge in [-0.25, -0.2) is 4.79 Å². The molecule has 0 aliphatic rings. The number of esters is 1. The lowest BCUT2D eigenvalue weighted by Gasteiger charge is -2.26. The van der Waals surface area contributed by atoms with Crippen LogP contribution >= 0.6 is 0 Å². The third-order valence-corrected chi connectivity index (χ3v) is 1.85. The summed E-state index contributed by atoms with van der Waals surface area (Å²) in [5, 5.41) is 18.5. The van der Waals surface area contributed by atoms with E-state index >= 15 is 0 Å². The van der Waals surface area contributed by atoms with Gasteiger partial charge in [0.05, 0.1) is 13.7 Å². The molecule has 0 saturated carbocycles. The molecule has 13 heavy (non-hydrogen) atoms. The topological polar surface area (TPSA) is 70.0 Å². The molecule has 5 nitrogen and oxygen atoms in total. The summed E-state index contributed by atoms with van der Waals surface area (Å²) in [6.45, 7) is 4.91. The Hall–Kier alpha value is -0.650. The Balaban J connectivity index is 4.21. The van der Waals surface area contributed by atoms with Crippen molar-refractivity contribution in [2.45, 2.75) is 19.6 Å². The molecule has 0 heterocycles. The fraction of sp³-hybridized carbons (Fsp3) is 0.875. The third-order valence-electron chi connectivity index (χ3n) is 1.85. The molecule has 78 valence electrons. The number of hydrogen-bond donors (Lipinski definition) is 2. The van der Waals surface area contributed by atoms with Crippen molar-refractivity contribution in [2.75, 3.05) is 26.7 Å². The lowest BCUT2D eigenvalue weighted by atomic mass is 10.2. The average Bonchev–Trinajstić information content (AvgIpc) is 2.12. The summed E-state index contributed by atoms with van der Waals surface area (Å²) in [5.41, 5.74) is 0. The van der Waals surface area contributed by atoms with Gasteiger partial charge in [0.15, 0.2) is 0 Å². The van der Waals surface area contributed by atoms with Crippen LogP contribution in [0.5, 0.6) is 0 Å². The molecule has 0 fully saturated rings. The molecule has 0 aliphatic carbocycles. The molecule has 0 bridgehead atoms. The fourth-order valence-corrected chi connectivity index (χ4v) is 0.987. The van der Waals surface area contributed by atoms with Crippen molar-refractivity contribution in [2.24, 2.45) is 0 Å². The Bertz CT molecular complexity index is 166. The van der Waals surface area contributed by atoms with E-state index in [1.807, 2.05) is 13.8 Å². The SMILES string of the molecule is CCN(CC)CC(O)(O)C(=O)OC. The van der Waals surface area contributed by atoms with Gasteiger partial charge in [-0.2, -0.15) is 0 Å². The highest BCUT2D eigenvalue weighted by Gasteiger charge is 2.35. The molecule has 0 amide bonds. The van der Waals surface area contributed by atoms with Crippen molar-refractivity contribution in [3.63, 3.8) is 0 Å². The van der Waals surface area contributed by atoms with Crippen LogP contribution < -0.4 is 0 Å². The summed E-state index contributed by atoms with van der Waals surface area (Å²) in [5.74, 6) is -3.43. The van der Waals surface area contributed by atoms with E-state index in [1.165, 1.54) is 0 Å². The number of aliphatic hydroxyl groups is 2. The first-order valence-electron chi connectivity index (χ1n) is 4.23. The zero-order valence-corrected chi connectivity index (χ0v) is 8.28. The first-order valence-corrected chi connectivity index (χ1v) is 4.23. The van der Waals surface area contributed by atoms with Crippen LogP contribution in [-0.2, 0) is 9.53 Å². The first-order chi connectivity index (χ1) is 5.97. The van der Waals surface area contributed by atoms with Gasteiger partial charge in [-0.3, -0.25) is 4.90 Å². The normalized spacial score (nSPS) is 11.8. The summed E-state index contributed by atoms with van der Waals surface area (Å²) < 4.78 is 4.24. The number of methoxy groups -OCH3 is 1. The number of carbonyl (C=O) groups excluding carboxylic acids is 1. The fourth-order valence-electron chi connectivity index (χ4n) is 0.987. The predicted molar refractivity (Wildman–Crippen MR) is 47.0 cm³/mol. The second kappa shape index (κ2) is 5.16. The van der Waals surface area contributed by atoms with Gasteiger partial charge < -0.3 is 14.9 Å². The number of hydrogen-bond acceptors (Lipinski definition) is 5. The molecule has 0 saturated heterocycles. The molecule has 0 aromatic heterocycles. The summed E-state index contributed by atoms with van der Waals surface area (Å²) >= 11 is 0. The zero-order chi connectivity index (χ0) is 10.5. The quantitative estimate of drug-likeness (QED) is 0.439. The van der Waals surface area contributed by atoms with E-state index in [4.69, 9.17) is 0 Å². The Morgan fingerprint density at radius 3 is 2.15 bits per heavy atom. The lowest BCUT2D eigenvalue weighted by Crippen LogP contribution is -2.49. The number of rotatable bonds is 5. The van der Waals surface area contributed by atoms with Crippen molar-refractivity contribution in [3.05, 3.63) is 0 Å².